The van der Waals surface area contributed by atoms with E-state index in [0.29, 0.717) is 0 Å². The van der Waals surface area contributed by atoms with Crippen LogP contribution < -0.4 is 0 Å². The third-order valence-corrected chi connectivity index (χ3v) is 3.96. The molecule has 0 amide bonds. The fraction of sp³-hybridized carbons (Fsp3) is 0.105. The van der Waals surface area contributed by atoms with Gasteiger partial charge in [-0.3, -0.25) is 4.98 Å². The number of benzene rings is 2. The predicted octanol–water partition coefficient (Wildman–Crippen LogP) is 5.30. The van der Waals surface area contributed by atoms with Crippen molar-refractivity contribution in [2.45, 2.75) is 12.8 Å². The fourth-order valence-corrected chi connectivity index (χ4v) is 2.79. The molecule has 2 aromatic carbocycles. The van der Waals surface area contributed by atoms with Crippen molar-refractivity contribution in [3.63, 3.8) is 0 Å². The molecule has 1 nitrogen and oxygen atoms in total. The number of nitrogens with zero attached hydrogens (tertiary/aromatic N) is 1. The van der Waals surface area contributed by atoms with Crippen LogP contribution in [0.25, 0.3) is 11.1 Å². The van der Waals surface area contributed by atoms with Gasteiger partial charge in [0, 0.05) is 16.9 Å². The molecule has 0 bridgehead atoms. The van der Waals surface area contributed by atoms with Gasteiger partial charge in [0.25, 0.3) is 0 Å². The van der Waals surface area contributed by atoms with Crippen LogP contribution in [0.15, 0.2) is 77.5 Å². The van der Waals surface area contributed by atoms with Gasteiger partial charge in [-0.15, -0.1) is 0 Å². The topological polar surface area (TPSA) is 12.9 Å². The number of rotatable bonds is 4. The molecule has 1 aromatic heterocycles. The summed E-state index contributed by atoms with van der Waals surface area (Å²) in [5.41, 5.74) is 5.15. The molecule has 21 heavy (non-hydrogen) atoms. The van der Waals surface area contributed by atoms with Crippen molar-refractivity contribution in [3.05, 3.63) is 88.7 Å². The minimum atomic E-state index is 1.01. The second-order valence-corrected chi connectivity index (χ2v) is 5.99. The molecule has 0 saturated heterocycles. The molecule has 3 rings (SSSR count). The molecule has 104 valence electrons. The maximum atomic E-state index is 4.20. The van der Waals surface area contributed by atoms with Crippen molar-refractivity contribution in [2.24, 2.45) is 0 Å². The summed E-state index contributed by atoms with van der Waals surface area (Å²) >= 11 is 3.46. The predicted molar refractivity (Wildman–Crippen MR) is 91.2 cm³/mol. The van der Waals surface area contributed by atoms with Gasteiger partial charge in [0.05, 0.1) is 0 Å². The van der Waals surface area contributed by atoms with Crippen molar-refractivity contribution in [1.29, 1.82) is 0 Å². The Morgan fingerprint density at radius 2 is 1.38 bits per heavy atom. The highest BCUT2D eigenvalue weighted by atomic mass is 79.9. The lowest BCUT2D eigenvalue weighted by molar-refractivity contribution is 0.948. The van der Waals surface area contributed by atoms with Crippen LogP contribution in [0.4, 0.5) is 0 Å². The number of aromatic nitrogens is 1. The third kappa shape index (κ3) is 3.79. The molecule has 0 atom stereocenters. The second-order valence-electron chi connectivity index (χ2n) is 5.07. The monoisotopic (exact) mass is 337 g/mol. The molecule has 0 radical (unpaired) electrons. The summed E-state index contributed by atoms with van der Waals surface area (Å²) in [7, 11) is 0. The van der Waals surface area contributed by atoms with Crippen molar-refractivity contribution < 1.29 is 0 Å². The Bertz CT molecular complexity index is 705. The van der Waals surface area contributed by atoms with Gasteiger partial charge in [-0.05, 0) is 57.1 Å². The summed E-state index contributed by atoms with van der Waals surface area (Å²) in [4.78, 5) is 4.20. The Morgan fingerprint density at radius 3 is 2.10 bits per heavy atom. The normalized spacial score (nSPS) is 10.5. The third-order valence-electron chi connectivity index (χ3n) is 3.52. The van der Waals surface area contributed by atoms with Crippen LogP contribution in [-0.4, -0.2) is 4.98 Å². The van der Waals surface area contributed by atoms with Gasteiger partial charge in [-0.1, -0.05) is 54.6 Å². The Labute approximate surface area is 133 Å². The Hall–Kier alpha value is -1.93. The zero-order valence-electron chi connectivity index (χ0n) is 11.7. The lowest BCUT2D eigenvalue weighted by Crippen LogP contribution is -1.92. The van der Waals surface area contributed by atoms with Crippen LogP contribution in [-0.2, 0) is 12.8 Å². The fourth-order valence-electron chi connectivity index (χ4n) is 2.38. The van der Waals surface area contributed by atoms with Crippen LogP contribution >= 0.6 is 15.9 Å². The number of hydrogen-bond acceptors (Lipinski definition) is 1. The molecular formula is C19H16BrN. The molecule has 1 heterocycles. The molecule has 0 N–H and O–H groups in total. The van der Waals surface area contributed by atoms with Crippen molar-refractivity contribution in [1.82, 2.24) is 4.98 Å². The van der Waals surface area contributed by atoms with E-state index in [1.807, 2.05) is 18.5 Å². The lowest BCUT2D eigenvalue weighted by Gasteiger charge is -2.05. The highest BCUT2D eigenvalue weighted by molar-refractivity contribution is 9.10. The van der Waals surface area contributed by atoms with Crippen molar-refractivity contribution in [2.75, 3.05) is 0 Å². The molecule has 0 aliphatic heterocycles. The van der Waals surface area contributed by atoms with Gasteiger partial charge in [-0.2, -0.15) is 0 Å². The first-order chi connectivity index (χ1) is 10.3. The van der Waals surface area contributed by atoms with Gasteiger partial charge >= 0.3 is 0 Å². The summed E-state index contributed by atoms with van der Waals surface area (Å²) in [6, 6.07) is 21.4. The second kappa shape index (κ2) is 6.68. The first-order valence-corrected chi connectivity index (χ1v) is 7.84. The van der Waals surface area contributed by atoms with Crippen molar-refractivity contribution >= 4 is 15.9 Å². The average Bonchev–Trinajstić information content (AvgIpc) is 2.54. The molecular weight excluding hydrogens is 322 g/mol. The standard InChI is InChI=1S/C19H16BrN/c20-19-12-16(13-21-14-19)7-6-15-8-10-18(11-9-15)17-4-2-1-3-5-17/h1-5,8-14H,6-7H2. The summed E-state index contributed by atoms with van der Waals surface area (Å²) < 4.78 is 1.04. The zero-order chi connectivity index (χ0) is 14.5. The van der Waals surface area contributed by atoms with Gasteiger partial charge in [0.15, 0.2) is 0 Å². The molecule has 0 aliphatic carbocycles. The number of aryl methyl sites for hydroxylation is 2. The maximum Gasteiger partial charge on any atom is 0.0410 e. The minimum Gasteiger partial charge on any atom is -0.263 e. The van der Waals surface area contributed by atoms with Gasteiger partial charge in [0.2, 0.25) is 0 Å². The van der Waals surface area contributed by atoms with Crippen LogP contribution in [0.1, 0.15) is 11.1 Å². The first-order valence-electron chi connectivity index (χ1n) is 7.05. The van der Waals surface area contributed by atoms with Gasteiger partial charge in [-0.25, -0.2) is 0 Å². The highest BCUT2D eigenvalue weighted by Gasteiger charge is 2.00. The molecule has 2 heteroatoms. The lowest BCUT2D eigenvalue weighted by atomic mass is 10.0. The summed E-state index contributed by atoms with van der Waals surface area (Å²) in [6.45, 7) is 0. The van der Waals surface area contributed by atoms with E-state index >= 15 is 0 Å². The van der Waals surface area contributed by atoms with Gasteiger partial charge in [0.1, 0.15) is 0 Å². The van der Waals surface area contributed by atoms with E-state index < -0.39 is 0 Å². The Morgan fingerprint density at radius 1 is 0.714 bits per heavy atom. The highest BCUT2D eigenvalue weighted by Crippen LogP contribution is 2.20. The van der Waals surface area contributed by atoms with E-state index in [1.165, 1.54) is 22.3 Å². The Balaban J connectivity index is 1.68. The van der Waals surface area contributed by atoms with E-state index in [1.54, 1.807) is 0 Å². The molecule has 0 spiro atoms. The molecule has 0 unspecified atom stereocenters. The zero-order valence-corrected chi connectivity index (χ0v) is 13.3. The van der Waals surface area contributed by atoms with E-state index in [0.717, 1.165) is 17.3 Å². The van der Waals surface area contributed by atoms with Crippen LogP contribution in [0.3, 0.4) is 0 Å². The van der Waals surface area contributed by atoms with Gasteiger partial charge < -0.3 is 0 Å². The molecule has 3 aromatic rings. The summed E-state index contributed by atoms with van der Waals surface area (Å²) in [5, 5.41) is 0. The maximum absolute atomic E-state index is 4.20. The number of halogens is 1. The van der Waals surface area contributed by atoms with E-state index in [2.05, 4.69) is 75.5 Å². The van der Waals surface area contributed by atoms with Crippen LogP contribution in [0, 0.1) is 0 Å². The largest absolute Gasteiger partial charge is 0.263 e. The van der Waals surface area contributed by atoms with E-state index in [4.69, 9.17) is 0 Å². The number of pyridine rings is 1. The Kier molecular flexibility index (Phi) is 4.46. The number of hydrogen-bond donors (Lipinski definition) is 0. The summed E-state index contributed by atoms with van der Waals surface area (Å²) in [6.07, 6.45) is 5.80. The first kappa shape index (κ1) is 14.0. The SMILES string of the molecule is Brc1cncc(CCc2ccc(-c3ccccc3)cc2)c1. The van der Waals surface area contributed by atoms with Crippen LogP contribution in [0.5, 0.6) is 0 Å². The molecule has 0 saturated carbocycles. The van der Waals surface area contributed by atoms with Crippen molar-refractivity contribution in [3.8, 4) is 11.1 Å². The average molecular weight is 338 g/mol. The molecule has 0 aliphatic rings. The smallest absolute Gasteiger partial charge is 0.0410 e. The van der Waals surface area contributed by atoms with E-state index in [-0.39, 0.29) is 0 Å². The molecule has 0 fully saturated rings. The minimum absolute atomic E-state index is 1.01. The van der Waals surface area contributed by atoms with Crippen LogP contribution in [0.2, 0.25) is 0 Å². The summed E-state index contributed by atoms with van der Waals surface area (Å²) in [5.74, 6) is 0. The quantitative estimate of drug-likeness (QED) is 0.629. The van der Waals surface area contributed by atoms with E-state index in [9.17, 15) is 0 Å².